The number of likely N-dealkylation sites (N-methyl/N-ethyl adjacent to an activating group) is 1. The molecule has 0 unspecified atom stereocenters. The predicted molar refractivity (Wildman–Crippen MR) is 55.6 cm³/mol. The molecule has 0 aliphatic heterocycles. The van der Waals surface area contributed by atoms with Crippen molar-refractivity contribution in [3.8, 4) is 0 Å². The molecule has 0 amide bonds. The van der Waals surface area contributed by atoms with Crippen LogP contribution in [0.1, 0.15) is 19.4 Å². The van der Waals surface area contributed by atoms with Gasteiger partial charge in [0, 0.05) is 31.0 Å². The van der Waals surface area contributed by atoms with E-state index in [4.69, 9.17) is 0 Å². The molecule has 0 aliphatic rings. The van der Waals surface area contributed by atoms with Crippen molar-refractivity contribution < 1.29 is 0 Å². The molecule has 1 aromatic rings. The molecule has 0 saturated heterocycles. The molecule has 1 rings (SSSR count). The van der Waals surface area contributed by atoms with Gasteiger partial charge in [0.05, 0.1) is 0 Å². The first-order valence-electron chi connectivity index (χ1n) is 4.65. The van der Waals surface area contributed by atoms with E-state index in [1.807, 2.05) is 19.4 Å². The molecule has 0 atom stereocenters. The summed E-state index contributed by atoms with van der Waals surface area (Å²) in [4.78, 5) is 3.04. The lowest BCUT2D eigenvalue weighted by Gasteiger charge is -2.24. The first-order chi connectivity index (χ1) is 6.14. The molecular weight excluding hydrogens is 162 g/mol. The lowest BCUT2D eigenvalue weighted by Crippen LogP contribution is -2.45. The van der Waals surface area contributed by atoms with E-state index >= 15 is 0 Å². The van der Waals surface area contributed by atoms with Crippen LogP contribution in [0.4, 0.5) is 0 Å². The van der Waals surface area contributed by atoms with Gasteiger partial charge in [0.1, 0.15) is 0 Å². The Bertz CT molecular complexity index is 226. The summed E-state index contributed by atoms with van der Waals surface area (Å²) in [6, 6.07) is 2.08. The standard InChI is InChI=1S/C10H19N3/c1-10(2,11-3)8-13-7-9-4-5-12-6-9/h4-6,11-13H,7-8H2,1-3H3. The Morgan fingerprint density at radius 1 is 1.46 bits per heavy atom. The Morgan fingerprint density at radius 3 is 2.77 bits per heavy atom. The van der Waals surface area contributed by atoms with Crippen molar-refractivity contribution in [3.05, 3.63) is 24.0 Å². The summed E-state index contributed by atoms with van der Waals surface area (Å²) < 4.78 is 0. The predicted octanol–water partition coefficient (Wildman–Crippen LogP) is 1.10. The largest absolute Gasteiger partial charge is 0.367 e. The minimum absolute atomic E-state index is 0.163. The summed E-state index contributed by atoms with van der Waals surface area (Å²) in [5, 5.41) is 6.65. The van der Waals surface area contributed by atoms with E-state index in [2.05, 4.69) is 35.5 Å². The Balaban J connectivity index is 2.21. The minimum atomic E-state index is 0.163. The van der Waals surface area contributed by atoms with Crippen molar-refractivity contribution in [1.29, 1.82) is 0 Å². The first kappa shape index (κ1) is 10.3. The average Bonchev–Trinajstić information content (AvgIpc) is 2.57. The van der Waals surface area contributed by atoms with Crippen molar-refractivity contribution in [2.45, 2.75) is 25.9 Å². The second kappa shape index (κ2) is 4.44. The van der Waals surface area contributed by atoms with Crippen molar-refractivity contribution in [3.63, 3.8) is 0 Å². The van der Waals surface area contributed by atoms with E-state index in [0.717, 1.165) is 13.1 Å². The average molecular weight is 181 g/mol. The molecule has 74 valence electrons. The number of aromatic nitrogens is 1. The molecule has 0 aromatic carbocycles. The van der Waals surface area contributed by atoms with Crippen LogP contribution in [0.5, 0.6) is 0 Å². The molecule has 3 heteroatoms. The van der Waals surface area contributed by atoms with E-state index in [1.54, 1.807) is 0 Å². The highest BCUT2D eigenvalue weighted by atomic mass is 15.0. The quantitative estimate of drug-likeness (QED) is 0.636. The zero-order valence-corrected chi connectivity index (χ0v) is 8.65. The van der Waals surface area contributed by atoms with Crippen LogP contribution in [0.25, 0.3) is 0 Å². The van der Waals surface area contributed by atoms with E-state index < -0.39 is 0 Å². The van der Waals surface area contributed by atoms with Crippen molar-refractivity contribution in [2.75, 3.05) is 13.6 Å². The third-order valence-electron chi connectivity index (χ3n) is 2.24. The fourth-order valence-electron chi connectivity index (χ4n) is 1.08. The van der Waals surface area contributed by atoms with Crippen LogP contribution in [0, 0.1) is 0 Å². The van der Waals surface area contributed by atoms with Gasteiger partial charge >= 0.3 is 0 Å². The summed E-state index contributed by atoms with van der Waals surface area (Å²) in [6.45, 7) is 6.25. The number of rotatable bonds is 5. The molecule has 0 spiro atoms. The lowest BCUT2D eigenvalue weighted by atomic mass is 10.1. The van der Waals surface area contributed by atoms with Crippen LogP contribution in [0.3, 0.4) is 0 Å². The molecule has 13 heavy (non-hydrogen) atoms. The summed E-state index contributed by atoms with van der Waals surface area (Å²) in [7, 11) is 1.98. The van der Waals surface area contributed by atoms with Crippen LogP contribution in [0.2, 0.25) is 0 Å². The Hall–Kier alpha value is -0.800. The molecule has 0 aliphatic carbocycles. The molecule has 0 fully saturated rings. The number of aromatic amines is 1. The summed E-state index contributed by atoms with van der Waals surface area (Å²) in [5.74, 6) is 0. The highest BCUT2D eigenvalue weighted by Crippen LogP contribution is 2.00. The highest BCUT2D eigenvalue weighted by molar-refractivity contribution is 5.07. The van der Waals surface area contributed by atoms with E-state index in [-0.39, 0.29) is 5.54 Å². The molecular formula is C10H19N3. The zero-order chi connectivity index (χ0) is 9.73. The SMILES string of the molecule is CNC(C)(C)CNCc1cc[nH]c1. The fraction of sp³-hybridized carbons (Fsp3) is 0.600. The second-order valence-corrected chi connectivity index (χ2v) is 3.96. The molecule has 0 saturated carbocycles. The van der Waals surface area contributed by atoms with E-state index in [9.17, 15) is 0 Å². The van der Waals surface area contributed by atoms with Gasteiger partial charge in [0.2, 0.25) is 0 Å². The van der Waals surface area contributed by atoms with Gasteiger partial charge in [0.25, 0.3) is 0 Å². The third kappa shape index (κ3) is 3.61. The molecule has 3 N–H and O–H groups in total. The minimum Gasteiger partial charge on any atom is -0.367 e. The maximum absolute atomic E-state index is 3.40. The van der Waals surface area contributed by atoms with Gasteiger partial charge in [-0.1, -0.05) is 0 Å². The zero-order valence-electron chi connectivity index (χ0n) is 8.65. The van der Waals surface area contributed by atoms with Crippen LogP contribution in [-0.2, 0) is 6.54 Å². The Labute approximate surface area is 79.9 Å². The smallest absolute Gasteiger partial charge is 0.0246 e. The molecule has 1 aromatic heterocycles. The van der Waals surface area contributed by atoms with Crippen molar-refractivity contribution in [1.82, 2.24) is 15.6 Å². The summed E-state index contributed by atoms with van der Waals surface area (Å²) >= 11 is 0. The van der Waals surface area contributed by atoms with E-state index in [0.29, 0.717) is 0 Å². The van der Waals surface area contributed by atoms with Gasteiger partial charge in [0.15, 0.2) is 0 Å². The first-order valence-corrected chi connectivity index (χ1v) is 4.65. The van der Waals surface area contributed by atoms with Crippen LogP contribution in [-0.4, -0.2) is 24.1 Å². The fourth-order valence-corrected chi connectivity index (χ4v) is 1.08. The summed E-state index contributed by atoms with van der Waals surface area (Å²) in [6.07, 6.45) is 3.96. The van der Waals surface area contributed by atoms with Gasteiger partial charge in [-0.05, 0) is 32.5 Å². The maximum Gasteiger partial charge on any atom is 0.0246 e. The summed E-state index contributed by atoms with van der Waals surface area (Å²) in [5.41, 5.74) is 1.46. The number of H-pyrrole nitrogens is 1. The topological polar surface area (TPSA) is 39.8 Å². The lowest BCUT2D eigenvalue weighted by molar-refractivity contribution is 0.393. The van der Waals surface area contributed by atoms with Crippen LogP contribution in [0.15, 0.2) is 18.5 Å². The molecule has 3 nitrogen and oxygen atoms in total. The Kier molecular flexibility index (Phi) is 3.51. The van der Waals surface area contributed by atoms with Gasteiger partial charge in [-0.15, -0.1) is 0 Å². The van der Waals surface area contributed by atoms with Gasteiger partial charge in [-0.3, -0.25) is 0 Å². The normalized spacial score (nSPS) is 11.9. The highest BCUT2D eigenvalue weighted by Gasteiger charge is 2.12. The molecule has 0 radical (unpaired) electrons. The van der Waals surface area contributed by atoms with Crippen LogP contribution < -0.4 is 10.6 Å². The number of hydrogen-bond donors (Lipinski definition) is 3. The maximum atomic E-state index is 3.40. The van der Waals surface area contributed by atoms with Crippen LogP contribution >= 0.6 is 0 Å². The molecule has 0 bridgehead atoms. The van der Waals surface area contributed by atoms with E-state index in [1.165, 1.54) is 5.56 Å². The van der Waals surface area contributed by atoms with Crippen molar-refractivity contribution >= 4 is 0 Å². The molecule has 1 heterocycles. The van der Waals surface area contributed by atoms with Gasteiger partial charge in [-0.25, -0.2) is 0 Å². The van der Waals surface area contributed by atoms with Gasteiger partial charge in [-0.2, -0.15) is 0 Å². The Morgan fingerprint density at radius 2 is 2.23 bits per heavy atom. The second-order valence-electron chi connectivity index (χ2n) is 3.96. The number of hydrogen-bond acceptors (Lipinski definition) is 2. The third-order valence-corrected chi connectivity index (χ3v) is 2.24. The monoisotopic (exact) mass is 181 g/mol. The number of nitrogens with one attached hydrogen (secondary N) is 3. The van der Waals surface area contributed by atoms with Crippen molar-refractivity contribution in [2.24, 2.45) is 0 Å². The van der Waals surface area contributed by atoms with Gasteiger partial charge < -0.3 is 15.6 Å².